The lowest BCUT2D eigenvalue weighted by Gasteiger charge is -2.07. The molecular formula is C9H5ClF2N2O. The van der Waals surface area contributed by atoms with Gasteiger partial charge in [-0.1, -0.05) is 0 Å². The number of hydrogen-bond acceptors (Lipinski definition) is 3. The van der Waals surface area contributed by atoms with Gasteiger partial charge in [0.25, 0.3) is 6.43 Å². The molecule has 0 saturated carbocycles. The Morgan fingerprint density at radius 2 is 2.33 bits per heavy atom. The number of aldehydes is 1. The van der Waals surface area contributed by atoms with Crippen molar-refractivity contribution >= 4 is 17.9 Å². The summed E-state index contributed by atoms with van der Waals surface area (Å²) in [7, 11) is 0. The van der Waals surface area contributed by atoms with Gasteiger partial charge in [-0.25, -0.2) is 8.78 Å². The van der Waals surface area contributed by atoms with Crippen molar-refractivity contribution in [2.75, 3.05) is 0 Å². The van der Waals surface area contributed by atoms with Crippen LogP contribution in [-0.4, -0.2) is 11.3 Å². The lowest BCUT2D eigenvalue weighted by Crippen LogP contribution is -2.03. The first kappa shape index (κ1) is 11.5. The van der Waals surface area contributed by atoms with E-state index in [1.54, 1.807) is 6.07 Å². The van der Waals surface area contributed by atoms with Crippen LogP contribution >= 0.6 is 11.6 Å². The summed E-state index contributed by atoms with van der Waals surface area (Å²) < 4.78 is 24.8. The van der Waals surface area contributed by atoms with E-state index in [1.807, 2.05) is 0 Å². The first-order valence-corrected chi connectivity index (χ1v) is 4.40. The molecule has 1 aromatic heterocycles. The molecule has 0 radical (unpaired) electrons. The number of carbonyl (C=O) groups is 1. The average molecular weight is 231 g/mol. The van der Waals surface area contributed by atoms with Crippen LogP contribution in [0, 0.1) is 11.3 Å². The van der Waals surface area contributed by atoms with Crippen LogP contribution < -0.4 is 0 Å². The van der Waals surface area contributed by atoms with Crippen molar-refractivity contribution in [1.82, 2.24) is 4.98 Å². The van der Waals surface area contributed by atoms with Crippen LogP contribution in [-0.2, 0) is 5.88 Å². The van der Waals surface area contributed by atoms with Gasteiger partial charge in [0.2, 0.25) is 0 Å². The highest BCUT2D eigenvalue weighted by Crippen LogP contribution is 2.25. The van der Waals surface area contributed by atoms with E-state index in [9.17, 15) is 13.6 Å². The third-order valence-corrected chi connectivity index (χ3v) is 2.10. The first-order chi connectivity index (χ1) is 7.15. The van der Waals surface area contributed by atoms with Crippen molar-refractivity contribution in [3.63, 3.8) is 0 Å². The third-order valence-electron chi connectivity index (χ3n) is 1.83. The zero-order valence-corrected chi connectivity index (χ0v) is 8.13. The maximum Gasteiger partial charge on any atom is 0.281 e. The number of carbonyl (C=O) groups excluding carboxylic acids is 1. The van der Waals surface area contributed by atoms with E-state index in [4.69, 9.17) is 16.9 Å². The predicted octanol–water partition coefficient (Wildman–Crippen LogP) is 2.44. The maximum absolute atomic E-state index is 12.4. The minimum absolute atomic E-state index is 0.0611. The quantitative estimate of drug-likeness (QED) is 0.592. The molecule has 0 aliphatic carbocycles. The molecule has 78 valence electrons. The Morgan fingerprint density at radius 3 is 2.73 bits per heavy atom. The number of nitriles is 1. The molecule has 0 amide bonds. The van der Waals surface area contributed by atoms with E-state index in [0.717, 1.165) is 6.20 Å². The Hall–Kier alpha value is -1.54. The summed E-state index contributed by atoms with van der Waals surface area (Å²) in [5.41, 5.74) is -0.797. The van der Waals surface area contributed by atoms with Crippen LogP contribution in [0.25, 0.3) is 0 Å². The lowest BCUT2D eigenvalue weighted by atomic mass is 10.0. The van der Waals surface area contributed by atoms with E-state index >= 15 is 0 Å². The van der Waals surface area contributed by atoms with Gasteiger partial charge in [-0.3, -0.25) is 9.78 Å². The highest BCUT2D eigenvalue weighted by Gasteiger charge is 2.19. The summed E-state index contributed by atoms with van der Waals surface area (Å²) in [5, 5.41) is 8.70. The van der Waals surface area contributed by atoms with Gasteiger partial charge in [0.15, 0.2) is 6.29 Å². The van der Waals surface area contributed by atoms with Crippen LogP contribution in [0.2, 0.25) is 0 Å². The topological polar surface area (TPSA) is 53.8 Å². The fourth-order valence-corrected chi connectivity index (χ4v) is 1.40. The molecule has 0 spiro atoms. The second-order valence-electron chi connectivity index (χ2n) is 2.62. The number of hydrogen-bond donors (Lipinski definition) is 0. The van der Waals surface area contributed by atoms with E-state index in [2.05, 4.69) is 4.98 Å². The smallest absolute Gasteiger partial charge is 0.281 e. The molecule has 6 heteroatoms. The van der Waals surface area contributed by atoms with Crippen molar-refractivity contribution in [2.45, 2.75) is 12.3 Å². The van der Waals surface area contributed by atoms with Crippen molar-refractivity contribution in [1.29, 1.82) is 5.26 Å². The van der Waals surface area contributed by atoms with Gasteiger partial charge < -0.3 is 0 Å². The second kappa shape index (κ2) is 4.80. The highest BCUT2D eigenvalue weighted by molar-refractivity contribution is 6.17. The molecule has 1 rings (SSSR count). The molecule has 0 atom stereocenters. The van der Waals surface area contributed by atoms with Crippen LogP contribution in [0.3, 0.4) is 0 Å². The van der Waals surface area contributed by atoms with Crippen molar-refractivity contribution in [2.24, 2.45) is 0 Å². The zero-order chi connectivity index (χ0) is 11.4. The largest absolute Gasteiger partial charge is 0.298 e. The molecule has 0 bridgehead atoms. The second-order valence-corrected chi connectivity index (χ2v) is 2.88. The summed E-state index contributed by atoms with van der Waals surface area (Å²) in [5.74, 6) is -0.181. The monoisotopic (exact) mass is 230 g/mol. The van der Waals surface area contributed by atoms with Gasteiger partial charge in [-0.2, -0.15) is 5.26 Å². The average Bonchev–Trinajstić information content (AvgIpc) is 2.26. The summed E-state index contributed by atoms with van der Waals surface area (Å²) in [6, 6.07) is 1.59. The molecule has 0 fully saturated rings. The van der Waals surface area contributed by atoms with E-state index in [0.29, 0.717) is 6.29 Å². The Labute approximate surface area is 89.3 Å². The van der Waals surface area contributed by atoms with Gasteiger partial charge in [0.1, 0.15) is 11.8 Å². The highest BCUT2D eigenvalue weighted by atomic mass is 35.5. The number of rotatable bonds is 3. The number of aromatic nitrogens is 1. The van der Waals surface area contributed by atoms with Crippen LogP contribution in [0.5, 0.6) is 0 Å². The molecule has 1 aromatic rings. The van der Waals surface area contributed by atoms with Crippen LogP contribution in [0.4, 0.5) is 8.78 Å². The van der Waals surface area contributed by atoms with Gasteiger partial charge in [-0.15, -0.1) is 11.6 Å². The summed E-state index contributed by atoms with van der Waals surface area (Å²) in [4.78, 5) is 13.9. The van der Waals surface area contributed by atoms with E-state index in [-0.39, 0.29) is 22.6 Å². The molecule has 0 unspecified atom stereocenters. The molecule has 0 aliphatic rings. The van der Waals surface area contributed by atoms with Gasteiger partial charge in [0, 0.05) is 17.6 Å². The Bertz CT molecular complexity index is 429. The van der Waals surface area contributed by atoms with Crippen LogP contribution in [0.15, 0.2) is 6.20 Å². The molecule has 0 N–H and O–H groups in total. The molecule has 0 saturated heterocycles. The molecule has 1 heterocycles. The van der Waals surface area contributed by atoms with Gasteiger partial charge in [-0.05, 0) is 5.56 Å². The molecule has 3 nitrogen and oxygen atoms in total. The van der Waals surface area contributed by atoms with Gasteiger partial charge in [0.05, 0.1) is 5.56 Å². The van der Waals surface area contributed by atoms with Crippen molar-refractivity contribution in [3.8, 4) is 6.07 Å². The van der Waals surface area contributed by atoms with Crippen molar-refractivity contribution < 1.29 is 13.6 Å². The standard InChI is InChI=1S/C9H5ClF2N2O/c10-1-6-5(4-15)3-14-8(9(11)12)7(6)2-13/h3-4,9H,1H2. The lowest BCUT2D eigenvalue weighted by molar-refractivity contribution is 0.112. The van der Waals surface area contributed by atoms with Crippen molar-refractivity contribution in [3.05, 3.63) is 28.6 Å². The number of nitrogens with zero attached hydrogens (tertiary/aromatic N) is 2. The molecule has 0 aliphatic heterocycles. The SMILES string of the molecule is N#Cc1c(C(F)F)ncc(C=O)c1CCl. The molecule has 0 aromatic carbocycles. The fraction of sp³-hybridized carbons (Fsp3) is 0.222. The maximum atomic E-state index is 12.4. The number of pyridine rings is 1. The number of halogens is 3. The summed E-state index contributed by atoms with van der Waals surface area (Å²) in [6.07, 6.45) is -1.43. The fourth-order valence-electron chi connectivity index (χ4n) is 1.12. The molecular weight excluding hydrogens is 226 g/mol. The summed E-state index contributed by atoms with van der Waals surface area (Å²) >= 11 is 5.49. The van der Waals surface area contributed by atoms with Gasteiger partial charge >= 0.3 is 0 Å². The zero-order valence-electron chi connectivity index (χ0n) is 7.38. The first-order valence-electron chi connectivity index (χ1n) is 3.86. The van der Waals surface area contributed by atoms with Crippen LogP contribution in [0.1, 0.15) is 33.6 Å². The normalized spacial score (nSPS) is 10.1. The Kier molecular flexibility index (Phi) is 3.69. The third kappa shape index (κ3) is 2.10. The predicted molar refractivity (Wildman–Crippen MR) is 48.9 cm³/mol. The number of alkyl halides is 3. The minimum Gasteiger partial charge on any atom is -0.298 e. The Morgan fingerprint density at radius 1 is 1.67 bits per heavy atom. The molecule has 15 heavy (non-hydrogen) atoms. The minimum atomic E-state index is -2.86. The Balaban J connectivity index is 3.49. The van der Waals surface area contributed by atoms with E-state index < -0.39 is 12.1 Å². The van der Waals surface area contributed by atoms with E-state index in [1.165, 1.54) is 0 Å². The summed E-state index contributed by atoms with van der Waals surface area (Å²) in [6.45, 7) is 0.